The van der Waals surface area contributed by atoms with Crippen molar-refractivity contribution in [2.75, 3.05) is 5.32 Å². The molecule has 0 radical (unpaired) electrons. The van der Waals surface area contributed by atoms with Crippen LogP contribution in [-0.2, 0) is 22.9 Å². The smallest absolute Gasteiger partial charge is 0.255 e. The summed E-state index contributed by atoms with van der Waals surface area (Å²) >= 11 is 6.33. The maximum Gasteiger partial charge on any atom is 0.255 e. The van der Waals surface area contributed by atoms with Crippen LogP contribution >= 0.6 is 11.6 Å². The molecule has 0 fully saturated rings. The normalized spacial score (nSPS) is 12.1. The van der Waals surface area contributed by atoms with Crippen LogP contribution in [0.4, 0.5) is 5.69 Å². The molecule has 0 atom stereocenters. The van der Waals surface area contributed by atoms with Gasteiger partial charge in [0.05, 0.1) is 4.90 Å². The molecule has 2 N–H and O–H groups in total. The lowest BCUT2D eigenvalue weighted by atomic mass is 10.0. The zero-order valence-corrected chi connectivity index (χ0v) is 19.4. The van der Waals surface area contributed by atoms with Crippen molar-refractivity contribution < 1.29 is 13.2 Å². The van der Waals surface area contributed by atoms with Crippen LogP contribution in [0.2, 0.25) is 5.02 Å². The third-order valence-corrected chi connectivity index (χ3v) is 6.63. The summed E-state index contributed by atoms with van der Waals surface area (Å²) in [5, 5.41) is 3.57. The molecule has 0 aliphatic heterocycles. The summed E-state index contributed by atoms with van der Waals surface area (Å²) in [5.41, 5.74) is 2.93. The molecule has 0 bridgehead atoms. The Morgan fingerprint density at radius 1 is 1.07 bits per heavy atom. The molecule has 0 aromatic heterocycles. The van der Waals surface area contributed by atoms with E-state index in [2.05, 4.69) is 10.0 Å². The van der Waals surface area contributed by atoms with Gasteiger partial charge in [-0.25, -0.2) is 13.1 Å². The first kappa shape index (κ1) is 23.4. The summed E-state index contributed by atoms with van der Waals surface area (Å²) < 4.78 is 28.0. The van der Waals surface area contributed by atoms with E-state index in [4.69, 9.17) is 11.6 Å². The number of nitrogens with one attached hydrogen (secondary N) is 2. The van der Waals surface area contributed by atoms with E-state index in [0.717, 1.165) is 17.5 Å². The van der Waals surface area contributed by atoms with E-state index < -0.39 is 15.6 Å². The van der Waals surface area contributed by atoms with Gasteiger partial charge in [0.15, 0.2) is 0 Å². The Morgan fingerprint density at radius 2 is 1.72 bits per heavy atom. The Labute approximate surface area is 178 Å². The van der Waals surface area contributed by atoms with Crippen molar-refractivity contribution in [3.05, 3.63) is 57.6 Å². The van der Waals surface area contributed by atoms with Crippen molar-refractivity contribution in [2.24, 2.45) is 0 Å². The Morgan fingerprint density at radius 3 is 2.28 bits per heavy atom. The molecule has 5 nitrogen and oxygen atoms in total. The summed E-state index contributed by atoms with van der Waals surface area (Å²) in [5.74, 6) is -0.359. The topological polar surface area (TPSA) is 75.3 Å². The molecule has 7 heteroatoms. The van der Waals surface area contributed by atoms with Gasteiger partial charge in [-0.3, -0.25) is 4.79 Å². The first-order chi connectivity index (χ1) is 13.4. The molecule has 0 saturated carbocycles. The van der Waals surface area contributed by atoms with Gasteiger partial charge in [-0.15, -0.1) is 0 Å². The minimum absolute atomic E-state index is 0.0562. The molecule has 0 aliphatic carbocycles. The predicted octanol–water partition coefficient (Wildman–Crippen LogP) is 5.10. The van der Waals surface area contributed by atoms with Crippen LogP contribution in [0.1, 0.15) is 61.7 Å². The average Bonchev–Trinajstić information content (AvgIpc) is 2.60. The highest BCUT2D eigenvalue weighted by Crippen LogP contribution is 2.30. The van der Waals surface area contributed by atoms with Crippen LogP contribution in [0, 0.1) is 6.92 Å². The van der Waals surface area contributed by atoms with Gasteiger partial charge >= 0.3 is 0 Å². The van der Waals surface area contributed by atoms with Gasteiger partial charge in [-0.1, -0.05) is 37.6 Å². The van der Waals surface area contributed by atoms with Gasteiger partial charge in [0.1, 0.15) is 0 Å². The summed E-state index contributed by atoms with van der Waals surface area (Å²) in [6.45, 7) is 11.1. The number of hydrogen-bond acceptors (Lipinski definition) is 3. The Kier molecular flexibility index (Phi) is 7.14. The molecule has 29 heavy (non-hydrogen) atoms. The molecule has 0 saturated heterocycles. The van der Waals surface area contributed by atoms with Crippen molar-refractivity contribution in [3.8, 4) is 0 Å². The lowest BCUT2D eigenvalue weighted by Crippen LogP contribution is -2.40. The highest BCUT2D eigenvalue weighted by atomic mass is 35.5. The Balaban J connectivity index is 2.47. The van der Waals surface area contributed by atoms with E-state index >= 15 is 0 Å². The second-order valence-electron chi connectivity index (χ2n) is 8.05. The van der Waals surface area contributed by atoms with Gasteiger partial charge in [0, 0.05) is 21.8 Å². The highest BCUT2D eigenvalue weighted by Gasteiger charge is 2.24. The maximum atomic E-state index is 13.1. The highest BCUT2D eigenvalue weighted by molar-refractivity contribution is 7.89. The molecule has 0 aliphatic rings. The summed E-state index contributed by atoms with van der Waals surface area (Å²) in [6, 6.07) is 8.31. The number of halogens is 1. The van der Waals surface area contributed by atoms with Crippen LogP contribution in [0.5, 0.6) is 0 Å². The van der Waals surface area contributed by atoms with Crippen LogP contribution in [0.25, 0.3) is 0 Å². The summed E-state index contributed by atoms with van der Waals surface area (Å²) in [6.07, 6.45) is 1.41. The van der Waals surface area contributed by atoms with Gasteiger partial charge in [0.25, 0.3) is 5.91 Å². The largest absolute Gasteiger partial charge is 0.321 e. The van der Waals surface area contributed by atoms with Gasteiger partial charge in [-0.05, 0) is 75.4 Å². The van der Waals surface area contributed by atoms with E-state index in [1.165, 1.54) is 12.1 Å². The van der Waals surface area contributed by atoms with Gasteiger partial charge < -0.3 is 5.32 Å². The Bertz CT molecular complexity index is 1030. The van der Waals surface area contributed by atoms with E-state index in [0.29, 0.717) is 28.3 Å². The SMILES string of the molecule is CCc1ccc(Cl)c(CC)c1NC(=O)c1cc(S(=O)(=O)NC(C)(C)C)ccc1C. The molecule has 0 spiro atoms. The minimum Gasteiger partial charge on any atom is -0.321 e. The minimum atomic E-state index is -3.75. The predicted molar refractivity (Wildman–Crippen MR) is 119 cm³/mol. The van der Waals surface area contributed by atoms with E-state index in [1.54, 1.807) is 33.8 Å². The molecule has 158 valence electrons. The number of amides is 1. The number of rotatable bonds is 6. The van der Waals surface area contributed by atoms with E-state index in [-0.39, 0.29) is 10.8 Å². The van der Waals surface area contributed by atoms with Crippen LogP contribution in [0.15, 0.2) is 35.2 Å². The summed E-state index contributed by atoms with van der Waals surface area (Å²) in [4.78, 5) is 13.1. The zero-order valence-electron chi connectivity index (χ0n) is 17.8. The fourth-order valence-corrected chi connectivity index (χ4v) is 4.86. The van der Waals surface area contributed by atoms with Crippen LogP contribution in [-0.4, -0.2) is 19.9 Å². The van der Waals surface area contributed by atoms with Gasteiger partial charge in [-0.2, -0.15) is 0 Å². The fraction of sp³-hybridized carbons (Fsp3) is 0.409. The molecule has 2 rings (SSSR count). The summed E-state index contributed by atoms with van der Waals surface area (Å²) in [7, 11) is -3.75. The number of hydrogen-bond donors (Lipinski definition) is 2. The lowest BCUT2D eigenvalue weighted by molar-refractivity contribution is 0.102. The molecule has 2 aromatic rings. The monoisotopic (exact) mass is 436 g/mol. The van der Waals surface area contributed by atoms with Crippen molar-refractivity contribution in [2.45, 2.75) is 64.8 Å². The molecular weight excluding hydrogens is 408 g/mol. The van der Waals surface area contributed by atoms with Crippen LogP contribution < -0.4 is 10.0 Å². The molecule has 0 heterocycles. The molecule has 2 aromatic carbocycles. The van der Waals surface area contributed by atoms with E-state index in [9.17, 15) is 13.2 Å². The lowest BCUT2D eigenvalue weighted by Gasteiger charge is -2.21. The zero-order chi connectivity index (χ0) is 22.0. The molecule has 1 amide bonds. The Hall–Kier alpha value is -1.89. The number of carbonyl (C=O) groups excluding carboxylic acids is 1. The quantitative estimate of drug-likeness (QED) is 0.661. The molecular formula is C22H29ClN2O3S. The first-order valence-electron chi connectivity index (χ1n) is 9.65. The first-order valence-corrected chi connectivity index (χ1v) is 11.5. The molecule has 0 unspecified atom stereocenters. The van der Waals surface area contributed by atoms with Gasteiger partial charge in [0.2, 0.25) is 10.0 Å². The number of benzene rings is 2. The van der Waals surface area contributed by atoms with Crippen LogP contribution in [0.3, 0.4) is 0 Å². The third-order valence-electron chi connectivity index (χ3n) is 4.52. The van der Waals surface area contributed by atoms with Crippen molar-refractivity contribution in [3.63, 3.8) is 0 Å². The second kappa shape index (κ2) is 8.86. The van der Waals surface area contributed by atoms with Crippen molar-refractivity contribution in [1.29, 1.82) is 0 Å². The number of aryl methyl sites for hydroxylation is 2. The van der Waals surface area contributed by atoms with Crippen molar-refractivity contribution in [1.82, 2.24) is 4.72 Å². The standard InChI is InChI=1S/C22H29ClN2O3S/c1-7-15-10-12-19(23)17(8-2)20(15)24-21(26)18-13-16(11-9-14(18)3)29(27,28)25-22(4,5)6/h9-13,25H,7-8H2,1-6H3,(H,24,26). The number of anilines is 1. The number of carbonyl (C=O) groups is 1. The number of sulfonamides is 1. The second-order valence-corrected chi connectivity index (χ2v) is 10.1. The maximum absolute atomic E-state index is 13.1. The average molecular weight is 437 g/mol. The fourth-order valence-electron chi connectivity index (χ4n) is 3.12. The third kappa shape index (κ3) is 5.59. The van der Waals surface area contributed by atoms with Crippen molar-refractivity contribution >= 4 is 33.2 Å². The van der Waals surface area contributed by atoms with E-state index in [1.807, 2.05) is 26.0 Å².